The van der Waals surface area contributed by atoms with Crippen LogP contribution in [0.3, 0.4) is 0 Å². The van der Waals surface area contributed by atoms with E-state index in [9.17, 15) is 9.59 Å². The topological polar surface area (TPSA) is 110 Å². The maximum atomic E-state index is 11.5. The maximum absolute atomic E-state index is 11.5. The number of amides is 1. The molecule has 0 spiro atoms. The van der Waals surface area contributed by atoms with E-state index in [1.165, 1.54) is 22.2 Å². The molecule has 0 aromatic carbocycles. The molecule has 0 radical (unpaired) electrons. The van der Waals surface area contributed by atoms with Gasteiger partial charge in [0.25, 0.3) is 0 Å². The van der Waals surface area contributed by atoms with Crippen LogP contribution in [-0.4, -0.2) is 37.0 Å². The van der Waals surface area contributed by atoms with Gasteiger partial charge < -0.3 is 10.4 Å². The molecule has 0 atom stereocenters. The highest BCUT2D eigenvalue weighted by atomic mass is 32.1. The minimum Gasteiger partial charge on any atom is -0.476 e. The number of carboxylic acid groups (broad SMARTS) is 1. The molecule has 2 rings (SSSR count). The van der Waals surface area contributed by atoms with E-state index in [0.29, 0.717) is 6.54 Å². The Balaban J connectivity index is 1.85. The summed E-state index contributed by atoms with van der Waals surface area (Å²) in [5, 5.41) is 20.0. The summed E-state index contributed by atoms with van der Waals surface area (Å²) in [4.78, 5) is 26.1. The average molecular weight is 267 g/mol. The van der Waals surface area contributed by atoms with Crippen LogP contribution >= 0.6 is 11.3 Å². The van der Waals surface area contributed by atoms with Crippen LogP contribution in [0.4, 0.5) is 0 Å². The molecule has 9 heteroatoms. The minimum atomic E-state index is -1.18. The number of carboxylic acids is 1. The molecule has 1 amide bonds. The standard InChI is InChI=1S/C9H9N5O3S/c15-8(10-1-6-4-18-5-11-6)3-14-2-7(9(16)17)12-13-14/h2,4-5H,1,3H2,(H,10,15)(H,16,17). The van der Waals surface area contributed by atoms with Crippen molar-refractivity contribution < 1.29 is 14.7 Å². The van der Waals surface area contributed by atoms with Crippen molar-refractivity contribution in [1.29, 1.82) is 0 Å². The van der Waals surface area contributed by atoms with Crippen molar-refractivity contribution in [2.75, 3.05) is 0 Å². The Morgan fingerprint density at radius 3 is 2.94 bits per heavy atom. The molecule has 0 bridgehead atoms. The molecule has 8 nitrogen and oxygen atoms in total. The summed E-state index contributed by atoms with van der Waals surface area (Å²) in [6.45, 7) is 0.257. The first-order valence-electron chi connectivity index (χ1n) is 4.92. The highest BCUT2D eigenvalue weighted by Gasteiger charge is 2.10. The Morgan fingerprint density at radius 2 is 2.33 bits per heavy atom. The molecule has 2 heterocycles. The lowest BCUT2D eigenvalue weighted by Crippen LogP contribution is -2.27. The highest BCUT2D eigenvalue weighted by Crippen LogP contribution is 1.99. The summed E-state index contributed by atoms with van der Waals surface area (Å²) in [6, 6.07) is 0. The molecule has 0 fully saturated rings. The van der Waals surface area contributed by atoms with Gasteiger partial charge in [0.15, 0.2) is 5.69 Å². The minimum absolute atomic E-state index is 0.0790. The van der Waals surface area contributed by atoms with Crippen molar-refractivity contribution in [2.24, 2.45) is 0 Å². The summed E-state index contributed by atoms with van der Waals surface area (Å²) in [5.74, 6) is -1.46. The van der Waals surface area contributed by atoms with E-state index < -0.39 is 5.97 Å². The van der Waals surface area contributed by atoms with E-state index in [-0.39, 0.29) is 18.1 Å². The van der Waals surface area contributed by atoms with Gasteiger partial charge in [0.2, 0.25) is 5.91 Å². The van der Waals surface area contributed by atoms with E-state index in [4.69, 9.17) is 5.11 Å². The third-order valence-electron chi connectivity index (χ3n) is 2.01. The van der Waals surface area contributed by atoms with Gasteiger partial charge >= 0.3 is 5.97 Å². The third-order valence-corrected chi connectivity index (χ3v) is 2.65. The second kappa shape index (κ2) is 5.36. The molecule has 18 heavy (non-hydrogen) atoms. The van der Waals surface area contributed by atoms with Crippen LogP contribution in [0.25, 0.3) is 0 Å². The number of thiazole rings is 1. The second-order valence-electron chi connectivity index (χ2n) is 3.36. The van der Waals surface area contributed by atoms with Crippen molar-refractivity contribution in [2.45, 2.75) is 13.1 Å². The van der Waals surface area contributed by atoms with Gasteiger partial charge in [-0.3, -0.25) is 4.79 Å². The average Bonchev–Trinajstić information content (AvgIpc) is 2.96. The fourth-order valence-corrected chi connectivity index (χ4v) is 1.75. The zero-order chi connectivity index (χ0) is 13.0. The molecule has 0 unspecified atom stereocenters. The fraction of sp³-hybridized carbons (Fsp3) is 0.222. The summed E-state index contributed by atoms with van der Waals surface area (Å²) < 4.78 is 1.17. The zero-order valence-corrected chi connectivity index (χ0v) is 9.92. The number of hydrogen-bond acceptors (Lipinski definition) is 6. The van der Waals surface area contributed by atoms with Gasteiger partial charge in [-0.2, -0.15) is 0 Å². The summed E-state index contributed by atoms with van der Waals surface area (Å²) >= 11 is 1.45. The Bertz CT molecular complexity index is 550. The molecule has 0 aliphatic heterocycles. The number of rotatable bonds is 5. The highest BCUT2D eigenvalue weighted by molar-refractivity contribution is 7.07. The van der Waals surface area contributed by atoms with E-state index in [0.717, 1.165) is 5.69 Å². The molecule has 0 saturated heterocycles. The first-order valence-corrected chi connectivity index (χ1v) is 5.86. The van der Waals surface area contributed by atoms with Gasteiger partial charge in [-0.15, -0.1) is 16.4 Å². The van der Waals surface area contributed by atoms with Gasteiger partial charge in [-0.25, -0.2) is 14.5 Å². The Hall–Kier alpha value is -2.29. The van der Waals surface area contributed by atoms with Crippen molar-refractivity contribution >= 4 is 23.2 Å². The smallest absolute Gasteiger partial charge is 0.358 e. The third kappa shape index (κ3) is 3.10. The van der Waals surface area contributed by atoms with Crippen molar-refractivity contribution in [3.63, 3.8) is 0 Å². The van der Waals surface area contributed by atoms with Crippen molar-refractivity contribution in [3.8, 4) is 0 Å². The van der Waals surface area contributed by atoms with Gasteiger partial charge in [0, 0.05) is 5.38 Å². The monoisotopic (exact) mass is 267 g/mol. The molecule has 0 aliphatic rings. The van der Waals surface area contributed by atoms with E-state index in [2.05, 4.69) is 20.6 Å². The van der Waals surface area contributed by atoms with Gasteiger partial charge in [-0.1, -0.05) is 5.21 Å². The number of carbonyl (C=O) groups is 2. The van der Waals surface area contributed by atoms with Crippen LogP contribution in [0.2, 0.25) is 0 Å². The van der Waals surface area contributed by atoms with Crippen LogP contribution < -0.4 is 5.32 Å². The zero-order valence-electron chi connectivity index (χ0n) is 9.11. The predicted molar refractivity (Wildman–Crippen MR) is 60.9 cm³/mol. The van der Waals surface area contributed by atoms with Crippen LogP contribution in [0.1, 0.15) is 16.2 Å². The largest absolute Gasteiger partial charge is 0.476 e. The van der Waals surface area contributed by atoms with Gasteiger partial charge in [0.1, 0.15) is 6.54 Å². The number of aromatic nitrogens is 4. The normalized spacial score (nSPS) is 10.2. The summed E-state index contributed by atoms with van der Waals surface area (Å²) in [5.41, 5.74) is 2.26. The Kier molecular flexibility index (Phi) is 3.63. The predicted octanol–water partition coefficient (Wildman–Crippen LogP) is -0.251. The maximum Gasteiger partial charge on any atom is 0.358 e. The molecule has 2 N–H and O–H groups in total. The number of carbonyl (C=O) groups excluding carboxylic acids is 1. The van der Waals surface area contributed by atoms with Crippen LogP contribution in [0.15, 0.2) is 17.1 Å². The second-order valence-corrected chi connectivity index (χ2v) is 4.08. The SMILES string of the molecule is O=C(Cn1cc(C(=O)O)nn1)NCc1cscn1. The van der Waals surface area contributed by atoms with Gasteiger partial charge in [-0.05, 0) is 0 Å². The number of nitrogens with one attached hydrogen (secondary N) is 1. The molecule has 0 saturated carbocycles. The first-order chi connectivity index (χ1) is 8.65. The van der Waals surface area contributed by atoms with Crippen LogP contribution in [0, 0.1) is 0 Å². The lowest BCUT2D eigenvalue weighted by Gasteiger charge is -2.02. The van der Waals surface area contributed by atoms with Crippen molar-refractivity contribution in [1.82, 2.24) is 25.3 Å². The fourth-order valence-electron chi connectivity index (χ4n) is 1.19. The molecule has 2 aromatic heterocycles. The van der Waals surface area contributed by atoms with E-state index in [1.54, 1.807) is 5.51 Å². The number of nitrogens with zero attached hydrogens (tertiary/aromatic N) is 4. The van der Waals surface area contributed by atoms with Crippen molar-refractivity contribution in [3.05, 3.63) is 28.5 Å². The molecule has 2 aromatic rings. The quantitative estimate of drug-likeness (QED) is 0.773. The number of aromatic carboxylic acids is 1. The first kappa shape index (κ1) is 12.2. The van der Waals surface area contributed by atoms with Gasteiger partial charge in [0.05, 0.1) is 23.9 Å². The lowest BCUT2D eigenvalue weighted by molar-refractivity contribution is -0.122. The molecular weight excluding hydrogens is 258 g/mol. The molecular formula is C9H9N5O3S. The Morgan fingerprint density at radius 1 is 1.50 bits per heavy atom. The molecule has 94 valence electrons. The van der Waals surface area contributed by atoms with E-state index in [1.807, 2.05) is 5.38 Å². The lowest BCUT2D eigenvalue weighted by atomic mass is 10.4. The Labute approximate surface area is 105 Å². The summed E-state index contributed by atoms with van der Waals surface area (Å²) in [7, 11) is 0. The van der Waals surface area contributed by atoms with Crippen LogP contribution in [0.5, 0.6) is 0 Å². The summed E-state index contributed by atoms with van der Waals surface area (Å²) in [6.07, 6.45) is 1.20. The molecule has 0 aliphatic carbocycles. The number of hydrogen-bond donors (Lipinski definition) is 2. The van der Waals surface area contributed by atoms with Crippen LogP contribution in [-0.2, 0) is 17.9 Å². The van der Waals surface area contributed by atoms with E-state index >= 15 is 0 Å².